The zero-order chi connectivity index (χ0) is 18.9. The summed E-state index contributed by atoms with van der Waals surface area (Å²) in [5, 5.41) is 12.2. The lowest BCUT2D eigenvalue weighted by Crippen LogP contribution is -2.27. The van der Waals surface area contributed by atoms with Gasteiger partial charge in [-0.3, -0.25) is 4.79 Å². The molecule has 0 heterocycles. The van der Waals surface area contributed by atoms with E-state index in [0.717, 1.165) is 20.4 Å². The molecule has 5 heteroatoms. The van der Waals surface area contributed by atoms with Crippen molar-refractivity contribution >= 4 is 34.6 Å². The van der Waals surface area contributed by atoms with E-state index in [1.807, 2.05) is 61.5 Å². The fourth-order valence-electron chi connectivity index (χ4n) is 2.29. The Bertz CT molecular complexity index is 854. The fraction of sp³-hybridized carbons (Fsp3) is 0.143. The Morgan fingerprint density at radius 1 is 1.35 bits per heavy atom. The summed E-state index contributed by atoms with van der Waals surface area (Å²) in [6.45, 7) is 5.93. The Hall–Kier alpha value is -2.59. The van der Waals surface area contributed by atoms with E-state index in [9.17, 15) is 10.1 Å². The van der Waals surface area contributed by atoms with Crippen LogP contribution in [0.4, 0.5) is 0 Å². The van der Waals surface area contributed by atoms with Gasteiger partial charge in [-0.1, -0.05) is 49.1 Å². The third-order valence-electron chi connectivity index (χ3n) is 3.64. The third-order valence-corrected chi connectivity index (χ3v) is 4.48. The van der Waals surface area contributed by atoms with Gasteiger partial charge >= 0.3 is 0 Å². The highest BCUT2D eigenvalue weighted by atomic mass is 127. The summed E-state index contributed by atoms with van der Waals surface area (Å²) < 4.78 is 6.43. The molecule has 0 unspecified atom stereocenters. The van der Waals surface area contributed by atoms with E-state index in [1.54, 1.807) is 12.2 Å². The second-order valence-corrected chi connectivity index (χ2v) is 6.73. The predicted molar refractivity (Wildman–Crippen MR) is 111 cm³/mol. The molecule has 0 radical (unpaired) electrons. The maximum Gasteiger partial charge on any atom is 0.262 e. The minimum atomic E-state index is -0.397. The molecule has 2 aromatic carbocycles. The minimum Gasteiger partial charge on any atom is -0.488 e. The van der Waals surface area contributed by atoms with Gasteiger partial charge < -0.3 is 10.1 Å². The van der Waals surface area contributed by atoms with Crippen molar-refractivity contribution in [2.24, 2.45) is 0 Å². The first-order chi connectivity index (χ1) is 12.5. The van der Waals surface area contributed by atoms with Gasteiger partial charge in [-0.15, -0.1) is 0 Å². The van der Waals surface area contributed by atoms with Gasteiger partial charge in [0.15, 0.2) is 0 Å². The van der Waals surface area contributed by atoms with Gasteiger partial charge in [-0.25, -0.2) is 0 Å². The van der Waals surface area contributed by atoms with Crippen LogP contribution in [-0.2, 0) is 4.79 Å². The largest absolute Gasteiger partial charge is 0.488 e. The lowest BCUT2D eigenvalue weighted by Gasteiger charge is -2.13. The topological polar surface area (TPSA) is 62.1 Å². The standard InChI is InChI=1S/C21H19IN2O2/c1-3-11-26-20-10-9-16(13-19(20)22)12-18(14-23)21(25)24-15(2)17-7-5-4-6-8-17/h3-10,12-13,15H,1,11H2,2H3,(H,24,25)/b18-12-/t15-/m1/s1. The summed E-state index contributed by atoms with van der Waals surface area (Å²) in [6.07, 6.45) is 3.25. The number of rotatable bonds is 7. The number of halogens is 1. The number of nitrogens with one attached hydrogen (secondary N) is 1. The van der Waals surface area contributed by atoms with Crippen molar-refractivity contribution in [3.63, 3.8) is 0 Å². The van der Waals surface area contributed by atoms with Crippen LogP contribution in [0.3, 0.4) is 0 Å². The van der Waals surface area contributed by atoms with Crippen molar-refractivity contribution in [3.8, 4) is 11.8 Å². The first-order valence-electron chi connectivity index (χ1n) is 8.06. The minimum absolute atomic E-state index is 0.0586. The highest BCUT2D eigenvalue weighted by Gasteiger charge is 2.14. The molecule has 132 valence electrons. The normalized spacial score (nSPS) is 12.0. The number of benzene rings is 2. The van der Waals surface area contributed by atoms with Gasteiger partial charge in [0.25, 0.3) is 5.91 Å². The van der Waals surface area contributed by atoms with Crippen LogP contribution in [0.5, 0.6) is 5.75 Å². The average Bonchev–Trinajstić information content (AvgIpc) is 2.66. The lowest BCUT2D eigenvalue weighted by atomic mass is 10.1. The maximum absolute atomic E-state index is 12.4. The zero-order valence-electron chi connectivity index (χ0n) is 14.4. The summed E-state index contributed by atoms with van der Waals surface area (Å²) in [4.78, 5) is 12.4. The molecule has 2 rings (SSSR count). The van der Waals surface area contributed by atoms with Crippen LogP contribution >= 0.6 is 22.6 Å². The molecule has 4 nitrogen and oxygen atoms in total. The molecule has 2 aromatic rings. The van der Waals surface area contributed by atoms with Crippen molar-refractivity contribution in [2.45, 2.75) is 13.0 Å². The summed E-state index contributed by atoms with van der Waals surface area (Å²) in [5.41, 5.74) is 1.80. The molecule has 1 atom stereocenters. The smallest absolute Gasteiger partial charge is 0.262 e. The first-order valence-corrected chi connectivity index (χ1v) is 9.14. The summed E-state index contributed by atoms with van der Waals surface area (Å²) in [6, 6.07) is 16.9. The van der Waals surface area contributed by atoms with E-state index < -0.39 is 5.91 Å². The Morgan fingerprint density at radius 2 is 2.08 bits per heavy atom. The number of nitriles is 1. The van der Waals surface area contributed by atoms with Crippen LogP contribution in [0, 0.1) is 14.9 Å². The number of carbonyl (C=O) groups excluding carboxylic acids is 1. The number of hydrogen-bond donors (Lipinski definition) is 1. The molecule has 0 spiro atoms. The number of hydrogen-bond acceptors (Lipinski definition) is 3. The van der Waals surface area contributed by atoms with Crippen molar-refractivity contribution in [2.75, 3.05) is 6.61 Å². The van der Waals surface area contributed by atoms with Crippen molar-refractivity contribution in [3.05, 3.63) is 81.5 Å². The van der Waals surface area contributed by atoms with Crippen molar-refractivity contribution < 1.29 is 9.53 Å². The Kier molecular flexibility index (Phi) is 7.42. The van der Waals surface area contributed by atoms with E-state index in [1.165, 1.54) is 0 Å². The van der Waals surface area contributed by atoms with Gasteiger partial charge in [-0.05, 0) is 58.9 Å². The van der Waals surface area contributed by atoms with E-state index >= 15 is 0 Å². The van der Waals surface area contributed by atoms with Gasteiger partial charge in [0.2, 0.25) is 0 Å². The molecule has 0 aliphatic heterocycles. The average molecular weight is 458 g/mol. The number of carbonyl (C=O) groups is 1. The summed E-state index contributed by atoms with van der Waals surface area (Å²) in [5.74, 6) is 0.342. The van der Waals surface area contributed by atoms with Gasteiger partial charge in [0.1, 0.15) is 24.0 Å². The quantitative estimate of drug-likeness (QED) is 0.285. The van der Waals surface area contributed by atoms with Crippen molar-refractivity contribution in [1.82, 2.24) is 5.32 Å². The van der Waals surface area contributed by atoms with E-state index in [2.05, 4.69) is 34.5 Å². The predicted octanol–water partition coefficient (Wildman–Crippen LogP) is 4.64. The number of amides is 1. The van der Waals surface area contributed by atoms with E-state index in [4.69, 9.17) is 4.74 Å². The Morgan fingerprint density at radius 3 is 2.69 bits per heavy atom. The molecule has 1 amide bonds. The maximum atomic E-state index is 12.4. The van der Waals surface area contributed by atoms with Crippen LogP contribution in [0.25, 0.3) is 6.08 Å². The molecule has 0 saturated carbocycles. The zero-order valence-corrected chi connectivity index (χ0v) is 16.6. The first kappa shape index (κ1) is 19.7. The molecular weight excluding hydrogens is 439 g/mol. The molecule has 1 N–H and O–H groups in total. The molecular formula is C21H19IN2O2. The van der Waals surface area contributed by atoms with Crippen LogP contribution < -0.4 is 10.1 Å². The van der Waals surface area contributed by atoms with Gasteiger partial charge in [0, 0.05) is 0 Å². The molecule has 0 fully saturated rings. The summed E-state index contributed by atoms with van der Waals surface area (Å²) >= 11 is 2.16. The highest BCUT2D eigenvalue weighted by Crippen LogP contribution is 2.23. The van der Waals surface area contributed by atoms with Crippen LogP contribution in [0.1, 0.15) is 24.1 Å². The van der Waals surface area contributed by atoms with Crippen LogP contribution in [-0.4, -0.2) is 12.5 Å². The van der Waals surface area contributed by atoms with Gasteiger partial charge in [-0.2, -0.15) is 5.26 Å². The SMILES string of the molecule is C=CCOc1ccc(/C=C(/C#N)C(=O)N[C@H](C)c2ccccc2)cc1I. The Balaban J connectivity index is 2.14. The number of ether oxygens (including phenoxy) is 1. The summed E-state index contributed by atoms with van der Waals surface area (Å²) in [7, 11) is 0. The molecule has 0 bridgehead atoms. The molecule has 0 saturated heterocycles. The Labute approximate surface area is 167 Å². The molecule has 0 aliphatic rings. The second-order valence-electron chi connectivity index (χ2n) is 5.57. The highest BCUT2D eigenvalue weighted by molar-refractivity contribution is 14.1. The second kappa shape index (κ2) is 9.78. The van der Waals surface area contributed by atoms with Crippen LogP contribution in [0.15, 0.2) is 66.8 Å². The molecule has 0 aromatic heterocycles. The molecule has 0 aliphatic carbocycles. The van der Waals surface area contributed by atoms with Crippen molar-refractivity contribution in [1.29, 1.82) is 5.26 Å². The van der Waals surface area contributed by atoms with E-state index in [-0.39, 0.29) is 11.6 Å². The van der Waals surface area contributed by atoms with Crippen LogP contribution in [0.2, 0.25) is 0 Å². The van der Waals surface area contributed by atoms with Gasteiger partial charge in [0.05, 0.1) is 9.61 Å². The van der Waals surface area contributed by atoms with E-state index in [0.29, 0.717) is 6.61 Å². The molecule has 26 heavy (non-hydrogen) atoms. The fourth-order valence-corrected chi connectivity index (χ4v) is 2.98. The monoisotopic (exact) mass is 458 g/mol. The third kappa shape index (κ3) is 5.46. The lowest BCUT2D eigenvalue weighted by molar-refractivity contribution is -0.117. The number of nitrogens with zero attached hydrogens (tertiary/aromatic N) is 1.